The highest BCUT2D eigenvalue weighted by Crippen LogP contribution is 2.36. The number of ether oxygens (including phenoxy) is 1. The number of carbonyl (C=O) groups excluding carboxylic acids is 1. The van der Waals surface area contributed by atoms with Crippen molar-refractivity contribution in [2.75, 3.05) is 6.61 Å². The summed E-state index contributed by atoms with van der Waals surface area (Å²) in [6.07, 6.45) is 6.40. The maximum absolute atomic E-state index is 12.5. The quantitative estimate of drug-likeness (QED) is 0.790. The predicted octanol–water partition coefficient (Wildman–Crippen LogP) is 3.96. The second-order valence-corrected chi connectivity index (χ2v) is 5.27. The van der Waals surface area contributed by atoms with Crippen LogP contribution >= 0.6 is 15.9 Å². The standard InChI is InChI=1S/C13H17BrO3/c1-2-17-13(7-4-3-5-8-13)12(15)11-10(14)6-9-16-11/h6,9H,2-5,7-8H2,1H3. The highest BCUT2D eigenvalue weighted by molar-refractivity contribution is 9.10. The molecule has 1 aromatic heterocycles. The first kappa shape index (κ1) is 12.8. The van der Waals surface area contributed by atoms with Gasteiger partial charge in [0.2, 0.25) is 5.78 Å². The Kier molecular flexibility index (Phi) is 4.05. The van der Waals surface area contributed by atoms with E-state index in [-0.39, 0.29) is 5.78 Å². The zero-order valence-corrected chi connectivity index (χ0v) is 11.6. The molecule has 0 amide bonds. The molecule has 0 unspecified atom stereocenters. The summed E-state index contributed by atoms with van der Waals surface area (Å²) in [5, 5.41) is 0. The van der Waals surface area contributed by atoms with E-state index in [0.29, 0.717) is 16.8 Å². The molecule has 0 radical (unpaired) electrons. The molecule has 1 aliphatic rings. The summed E-state index contributed by atoms with van der Waals surface area (Å²) in [5.74, 6) is 0.372. The number of hydrogen-bond acceptors (Lipinski definition) is 3. The second kappa shape index (κ2) is 5.36. The molecule has 0 spiro atoms. The van der Waals surface area contributed by atoms with Crippen molar-refractivity contribution in [1.82, 2.24) is 0 Å². The molecule has 17 heavy (non-hydrogen) atoms. The fourth-order valence-corrected chi connectivity index (χ4v) is 2.88. The summed E-state index contributed by atoms with van der Waals surface area (Å²) in [7, 11) is 0. The molecular formula is C13H17BrO3. The highest BCUT2D eigenvalue weighted by Gasteiger charge is 2.42. The van der Waals surface area contributed by atoms with E-state index in [9.17, 15) is 4.79 Å². The van der Waals surface area contributed by atoms with E-state index in [0.717, 1.165) is 25.7 Å². The lowest BCUT2D eigenvalue weighted by Gasteiger charge is -2.34. The third kappa shape index (κ3) is 2.47. The van der Waals surface area contributed by atoms with Gasteiger partial charge < -0.3 is 9.15 Å². The average molecular weight is 301 g/mol. The molecule has 1 heterocycles. The molecule has 1 fully saturated rings. The van der Waals surface area contributed by atoms with Gasteiger partial charge in [-0.3, -0.25) is 4.79 Å². The predicted molar refractivity (Wildman–Crippen MR) is 68.2 cm³/mol. The number of carbonyl (C=O) groups is 1. The van der Waals surface area contributed by atoms with Gasteiger partial charge in [0, 0.05) is 6.61 Å². The minimum Gasteiger partial charge on any atom is -0.460 e. The Hall–Kier alpha value is -0.610. The van der Waals surface area contributed by atoms with Crippen molar-refractivity contribution in [1.29, 1.82) is 0 Å². The maximum atomic E-state index is 12.5. The van der Waals surface area contributed by atoms with Gasteiger partial charge in [-0.2, -0.15) is 0 Å². The van der Waals surface area contributed by atoms with Crippen LogP contribution in [-0.2, 0) is 4.74 Å². The van der Waals surface area contributed by atoms with E-state index in [1.807, 2.05) is 6.92 Å². The lowest BCUT2D eigenvalue weighted by Crippen LogP contribution is -2.43. The Bertz CT molecular complexity index is 386. The molecule has 1 aliphatic carbocycles. The zero-order valence-electron chi connectivity index (χ0n) is 10.0. The van der Waals surface area contributed by atoms with Gasteiger partial charge in [-0.15, -0.1) is 0 Å². The van der Waals surface area contributed by atoms with Crippen molar-refractivity contribution in [2.24, 2.45) is 0 Å². The summed E-state index contributed by atoms with van der Waals surface area (Å²) in [4.78, 5) is 12.5. The van der Waals surface area contributed by atoms with E-state index in [1.165, 1.54) is 12.7 Å². The van der Waals surface area contributed by atoms with Crippen LogP contribution < -0.4 is 0 Å². The third-order valence-corrected chi connectivity index (χ3v) is 3.94. The molecule has 0 atom stereocenters. The van der Waals surface area contributed by atoms with Crippen LogP contribution in [0.4, 0.5) is 0 Å². The van der Waals surface area contributed by atoms with Gasteiger partial charge in [0.15, 0.2) is 5.76 Å². The molecule has 4 heteroatoms. The summed E-state index contributed by atoms with van der Waals surface area (Å²) in [6.45, 7) is 2.49. The minimum atomic E-state index is -0.659. The summed E-state index contributed by atoms with van der Waals surface area (Å²) in [5.41, 5.74) is -0.659. The fraction of sp³-hybridized carbons (Fsp3) is 0.615. The van der Waals surface area contributed by atoms with Crippen LogP contribution in [0.2, 0.25) is 0 Å². The van der Waals surface area contributed by atoms with Crippen LogP contribution in [0, 0.1) is 0 Å². The highest BCUT2D eigenvalue weighted by atomic mass is 79.9. The van der Waals surface area contributed by atoms with Crippen molar-refractivity contribution in [2.45, 2.75) is 44.6 Å². The van der Waals surface area contributed by atoms with Gasteiger partial charge in [-0.1, -0.05) is 19.3 Å². The van der Waals surface area contributed by atoms with Crippen LogP contribution in [0.5, 0.6) is 0 Å². The average Bonchev–Trinajstić information content (AvgIpc) is 2.76. The molecule has 0 aliphatic heterocycles. The van der Waals surface area contributed by atoms with Crippen molar-refractivity contribution in [3.05, 3.63) is 22.6 Å². The van der Waals surface area contributed by atoms with Crippen molar-refractivity contribution in [3.8, 4) is 0 Å². The molecule has 94 valence electrons. The Labute approximate surface area is 110 Å². The van der Waals surface area contributed by atoms with Gasteiger partial charge in [0.25, 0.3) is 0 Å². The van der Waals surface area contributed by atoms with E-state index in [4.69, 9.17) is 9.15 Å². The van der Waals surface area contributed by atoms with Gasteiger partial charge in [0.05, 0.1) is 10.7 Å². The van der Waals surface area contributed by atoms with E-state index < -0.39 is 5.60 Å². The van der Waals surface area contributed by atoms with Crippen LogP contribution in [-0.4, -0.2) is 18.0 Å². The zero-order chi connectivity index (χ0) is 12.3. The van der Waals surface area contributed by atoms with Crippen molar-refractivity contribution in [3.63, 3.8) is 0 Å². The van der Waals surface area contributed by atoms with Crippen LogP contribution in [0.3, 0.4) is 0 Å². The topological polar surface area (TPSA) is 39.4 Å². The minimum absolute atomic E-state index is 0.0177. The van der Waals surface area contributed by atoms with Crippen LogP contribution in [0.1, 0.15) is 49.6 Å². The molecular weight excluding hydrogens is 284 g/mol. The first-order valence-electron chi connectivity index (χ1n) is 6.11. The number of rotatable bonds is 4. The number of hydrogen-bond donors (Lipinski definition) is 0. The van der Waals surface area contributed by atoms with E-state index >= 15 is 0 Å². The number of Topliss-reactive ketones (excluding diaryl/α,β-unsaturated/α-hetero) is 1. The number of halogens is 1. The van der Waals surface area contributed by atoms with E-state index in [2.05, 4.69) is 15.9 Å². The molecule has 2 rings (SSSR count). The summed E-state index contributed by atoms with van der Waals surface area (Å²) in [6, 6.07) is 1.75. The summed E-state index contributed by atoms with van der Waals surface area (Å²) < 4.78 is 11.8. The van der Waals surface area contributed by atoms with Gasteiger partial charge >= 0.3 is 0 Å². The molecule has 0 saturated heterocycles. The normalized spacial score (nSPS) is 19.2. The van der Waals surface area contributed by atoms with Gasteiger partial charge in [-0.25, -0.2) is 0 Å². The third-order valence-electron chi connectivity index (χ3n) is 3.32. The molecule has 0 N–H and O–H groups in total. The number of ketones is 1. The lowest BCUT2D eigenvalue weighted by molar-refractivity contribution is -0.0426. The molecule has 1 aromatic rings. The Morgan fingerprint density at radius 3 is 2.71 bits per heavy atom. The molecule has 1 saturated carbocycles. The Morgan fingerprint density at radius 1 is 1.47 bits per heavy atom. The van der Waals surface area contributed by atoms with Crippen LogP contribution in [0.25, 0.3) is 0 Å². The van der Waals surface area contributed by atoms with Crippen molar-refractivity contribution >= 4 is 21.7 Å². The SMILES string of the molecule is CCOC1(C(=O)c2occc2Br)CCCCC1. The number of furan rings is 1. The van der Waals surface area contributed by atoms with Crippen LogP contribution in [0.15, 0.2) is 21.2 Å². The second-order valence-electron chi connectivity index (χ2n) is 4.41. The maximum Gasteiger partial charge on any atom is 0.230 e. The molecule has 0 bridgehead atoms. The van der Waals surface area contributed by atoms with E-state index in [1.54, 1.807) is 6.07 Å². The first-order valence-corrected chi connectivity index (χ1v) is 6.90. The van der Waals surface area contributed by atoms with Gasteiger partial charge in [-0.05, 0) is 41.8 Å². The lowest BCUT2D eigenvalue weighted by atomic mass is 9.80. The fourth-order valence-electron chi connectivity index (χ4n) is 2.50. The summed E-state index contributed by atoms with van der Waals surface area (Å²) >= 11 is 3.34. The molecule has 0 aromatic carbocycles. The Balaban J connectivity index is 2.27. The largest absolute Gasteiger partial charge is 0.460 e. The Morgan fingerprint density at radius 2 is 2.18 bits per heavy atom. The van der Waals surface area contributed by atoms with Crippen molar-refractivity contribution < 1.29 is 13.9 Å². The van der Waals surface area contributed by atoms with Gasteiger partial charge in [0.1, 0.15) is 5.60 Å². The smallest absolute Gasteiger partial charge is 0.230 e. The molecule has 3 nitrogen and oxygen atoms in total. The monoisotopic (exact) mass is 300 g/mol. The first-order chi connectivity index (χ1) is 8.19.